The van der Waals surface area contributed by atoms with E-state index in [1.807, 2.05) is 31.3 Å². The Morgan fingerprint density at radius 1 is 1.26 bits per heavy atom. The van der Waals surface area contributed by atoms with Crippen LogP contribution in [0.2, 0.25) is 0 Å². The predicted octanol–water partition coefficient (Wildman–Crippen LogP) is 1.35. The van der Waals surface area contributed by atoms with E-state index < -0.39 is 5.91 Å². The molecule has 1 aromatic carbocycles. The van der Waals surface area contributed by atoms with E-state index in [1.54, 1.807) is 0 Å². The van der Waals surface area contributed by atoms with Gasteiger partial charge in [0.2, 0.25) is 0 Å². The van der Waals surface area contributed by atoms with Crippen molar-refractivity contribution in [1.82, 2.24) is 10.3 Å². The molecule has 5 nitrogen and oxygen atoms in total. The monoisotopic (exact) mass is 257 g/mol. The lowest BCUT2D eigenvalue weighted by molar-refractivity contribution is 0.102. The van der Waals surface area contributed by atoms with Crippen molar-refractivity contribution < 1.29 is 4.79 Å². The Balaban J connectivity index is 2.25. The van der Waals surface area contributed by atoms with Crippen LogP contribution in [-0.4, -0.2) is 17.9 Å². The summed E-state index contributed by atoms with van der Waals surface area (Å²) in [4.78, 5) is 26.3. The van der Waals surface area contributed by atoms with Crippen LogP contribution in [0.4, 0.5) is 5.69 Å². The molecule has 0 spiro atoms. The van der Waals surface area contributed by atoms with Crippen molar-refractivity contribution in [3.8, 4) is 0 Å². The van der Waals surface area contributed by atoms with Gasteiger partial charge in [0.1, 0.15) is 5.56 Å². The molecule has 0 aliphatic rings. The lowest BCUT2D eigenvalue weighted by Gasteiger charge is -2.10. The van der Waals surface area contributed by atoms with E-state index >= 15 is 0 Å². The molecule has 0 atom stereocenters. The molecule has 3 N–H and O–H groups in total. The largest absolute Gasteiger partial charge is 0.367 e. The molecule has 0 aliphatic heterocycles. The number of amides is 1. The molecular weight excluding hydrogens is 242 g/mol. The predicted molar refractivity (Wildman–Crippen MR) is 74.2 cm³/mol. The van der Waals surface area contributed by atoms with Crippen LogP contribution in [0, 0.1) is 0 Å². The van der Waals surface area contributed by atoms with Crippen molar-refractivity contribution >= 4 is 11.6 Å². The standard InChI is InChI=1S/C14H15N3O2/c1-15-8-10-4-2-3-5-12(10)17-14(19)11-9-16-7-6-13(11)18/h2-7,9,15H,8H2,1H3,(H,16,18)(H,17,19). The first-order chi connectivity index (χ1) is 9.22. The molecule has 2 rings (SSSR count). The zero-order chi connectivity index (χ0) is 13.7. The fraction of sp³-hybridized carbons (Fsp3) is 0.143. The number of benzene rings is 1. The van der Waals surface area contributed by atoms with E-state index in [4.69, 9.17) is 0 Å². The van der Waals surface area contributed by atoms with Crippen LogP contribution >= 0.6 is 0 Å². The van der Waals surface area contributed by atoms with E-state index in [2.05, 4.69) is 15.6 Å². The average Bonchev–Trinajstić information content (AvgIpc) is 2.41. The topological polar surface area (TPSA) is 74.0 Å². The smallest absolute Gasteiger partial charge is 0.261 e. The summed E-state index contributed by atoms with van der Waals surface area (Å²) in [5.74, 6) is -0.412. The van der Waals surface area contributed by atoms with E-state index in [0.29, 0.717) is 12.2 Å². The molecule has 0 radical (unpaired) electrons. The number of aromatic nitrogens is 1. The third kappa shape index (κ3) is 3.08. The number of hydrogen-bond acceptors (Lipinski definition) is 3. The summed E-state index contributed by atoms with van der Waals surface area (Å²) in [6.45, 7) is 0.640. The maximum absolute atomic E-state index is 12.0. The number of rotatable bonds is 4. The lowest BCUT2D eigenvalue weighted by Crippen LogP contribution is -2.22. The highest BCUT2D eigenvalue weighted by Gasteiger charge is 2.11. The van der Waals surface area contributed by atoms with E-state index in [0.717, 1.165) is 5.56 Å². The summed E-state index contributed by atoms with van der Waals surface area (Å²) in [7, 11) is 1.83. The number of H-pyrrole nitrogens is 1. The molecule has 98 valence electrons. The number of anilines is 1. The fourth-order valence-corrected chi connectivity index (χ4v) is 1.77. The van der Waals surface area contributed by atoms with Gasteiger partial charge in [-0.15, -0.1) is 0 Å². The zero-order valence-electron chi connectivity index (χ0n) is 10.6. The summed E-state index contributed by atoms with van der Waals surface area (Å²) in [6.07, 6.45) is 2.90. The van der Waals surface area contributed by atoms with E-state index in [9.17, 15) is 9.59 Å². The molecule has 0 aliphatic carbocycles. The molecule has 2 aromatic rings. The van der Waals surface area contributed by atoms with Gasteiger partial charge in [0, 0.05) is 30.7 Å². The van der Waals surface area contributed by atoms with Crippen LogP contribution in [0.3, 0.4) is 0 Å². The number of nitrogens with one attached hydrogen (secondary N) is 3. The van der Waals surface area contributed by atoms with Gasteiger partial charge in [-0.25, -0.2) is 0 Å². The second-order valence-corrected chi connectivity index (χ2v) is 4.06. The van der Waals surface area contributed by atoms with Crippen molar-refractivity contribution in [1.29, 1.82) is 0 Å². The number of pyridine rings is 1. The van der Waals surface area contributed by atoms with Gasteiger partial charge in [-0.05, 0) is 18.7 Å². The van der Waals surface area contributed by atoms with Gasteiger partial charge < -0.3 is 15.6 Å². The zero-order valence-corrected chi connectivity index (χ0v) is 10.6. The number of aromatic amines is 1. The number of carbonyl (C=O) groups is 1. The van der Waals surface area contributed by atoms with E-state index in [-0.39, 0.29) is 11.0 Å². The molecule has 5 heteroatoms. The summed E-state index contributed by atoms with van der Waals surface area (Å²) in [5, 5.41) is 5.78. The molecule has 1 aromatic heterocycles. The van der Waals surface area contributed by atoms with Crippen LogP contribution in [0.5, 0.6) is 0 Å². The van der Waals surface area contributed by atoms with E-state index in [1.165, 1.54) is 18.5 Å². The van der Waals surface area contributed by atoms with Gasteiger partial charge in [-0.1, -0.05) is 18.2 Å². The minimum absolute atomic E-state index is 0.0989. The molecule has 1 amide bonds. The van der Waals surface area contributed by atoms with Crippen molar-refractivity contribution in [2.24, 2.45) is 0 Å². The number of hydrogen-bond donors (Lipinski definition) is 3. The normalized spacial score (nSPS) is 10.2. The fourth-order valence-electron chi connectivity index (χ4n) is 1.77. The van der Waals surface area contributed by atoms with Crippen molar-refractivity contribution in [2.45, 2.75) is 6.54 Å². The molecule has 0 fully saturated rings. The Morgan fingerprint density at radius 3 is 2.79 bits per heavy atom. The highest BCUT2D eigenvalue weighted by Crippen LogP contribution is 2.15. The van der Waals surface area contributed by atoms with Gasteiger partial charge in [0.05, 0.1) is 0 Å². The highest BCUT2D eigenvalue weighted by atomic mass is 16.2. The SMILES string of the molecule is CNCc1ccccc1NC(=O)c1c[nH]ccc1=O. The van der Waals surface area contributed by atoms with Crippen molar-refractivity contribution in [3.05, 3.63) is 64.1 Å². The maximum Gasteiger partial charge on any atom is 0.261 e. The van der Waals surface area contributed by atoms with Gasteiger partial charge in [0.15, 0.2) is 5.43 Å². The van der Waals surface area contributed by atoms with Crippen LogP contribution in [-0.2, 0) is 6.54 Å². The minimum atomic E-state index is -0.412. The third-order valence-electron chi connectivity index (χ3n) is 2.70. The lowest BCUT2D eigenvalue weighted by atomic mass is 10.1. The first kappa shape index (κ1) is 13.0. The Hall–Kier alpha value is -2.40. The van der Waals surface area contributed by atoms with Crippen LogP contribution < -0.4 is 16.1 Å². The molecule has 0 bridgehead atoms. The summed E-state index contributed by atoms with van der Waals surface area (Å²) < 4.78 is 0. The molecule has 0 saturated carbocycles. The summed E-state index contributed by atoms with van der Waals surface area (Å²) in [6, 6.07) is 8.79. The first-order valence-electron chi connectivity index (χ1n) is 5.93. The Labute approximate surface area is 110 Å². The molecular formula is C14H15N3O2. The minimum Gasteiger partial charge on any atom is -0.367 e. The highest BCUT2D eigenvalue weighted by molar-refractivity contribution is 6.04. The van der Waals surface area contributed by atoms with Gasteiger partial charge >= 0.3 is 0 Å². The van der Waals surface area contributed by atoms with Crippen LogP contribution in [0.15, 0.2) is 47.5 Å². The van der Waals surface area contributed by atoms with Gasteiger partial charge in [-0.3, -0.25) is 9.59 Å². The summed E-state index contributed by atoms with van der Waals surface area (Å²) in [5.41, 5.74) is 1.46. The summed E-state index contributed by atoms with van der Waals surface area (Å²) >= 11 is 0. The number of para-hydroxylation sites is 1. The quantitative estimate of drug-likeness (QED) is 0.774. The first-order valence-corrected chi connectivity index (χ1v) is 5.93. The third-order valence-corrected chi connectivity index (χ3v) is 2.70. The molecule has 0 unspecified atom stereocenters. The van der Waals surface area contributed by atoms with Crippen molar-refractivity contribution in [3.63, 3.8) is 0 Å². The Bertz CT molecular complexity index is 634. The van der Waals surface area contributed by atoms with Crippen molar-refractivity contribution in [2.75, 3.05) is 12.4 Å². The maximum atomic E-state index is 12.0. The van der Waals surface area contributed by atoms with Crippen LogP contribution in [0.1, 0.15) is 15.9 Å². The van der Waals surface area contributed by atoms with Gasteiger partial charge in [0.25, 0.3) is 5.91 Å². The Kier molecular flexibility index (Phi) is 4.10. The molecule has 0 saturated heterocycles. The number of carbonyl (C=O) groups excluding carboxylic acids is 1. The Morgan fingerprint density at radius 2 is 2.05 bits per heavy atom. The second kappa shape index (κ2) is 5.97. The molecule has 19 heavy (non-hydrogen) atoms. The van der Waals surface area contributed by atoms with Crippen LogP contribution in [0.25, 0.3) is 0 Å². The molecule has 1 heterocycles. The van der Waals surface area contributed by atoms with Gasteiger partial charge in [-0.2, -0.15) is 0 Å². The average molecular weight is 257 g/mol. The second-order valence-electron chi connectivity index (χ2n) is 4.06.